The highest BCUT2D eigenvalue weighted by Crippen LogP contribution is 2.22. The van der Waals surface area contributed by atoms with E-state index < -0.39 is 18.8 Å². The van der Waals surface area contributed by atoms with E-state index in [-0.39, 0.29) is 12.4 Å². The Morgan fingerprint density at radius 1 is 1.32 bits per heavy atom. The third kappa shape index (κ3) is 7.77. The predicted molar refractivity (Wildman–Crippen MR) is 76.9 cm³/mol. The number of thioether (sulfide) groups is 1. The number of ether oxygens (including phenoxy) is 1. The summed E-state index contributed by atoms with van der Waals surface area (Å²) in [4.78, 5) is 23.1. The molecule has 0 saturated heterocycles. The van der Waals surface area contributed by atoms with Crippen LogP contribution in [0.1, 0.15) is 6.42 Å². The van der Waals surface area contributed by atoms with Gasteiger partial charge >= 0.3 is 18.2 Å². The molecular formula is C13H15F3N2O3S. The first kappa shape index (κ1) is 18.1. The standard InChI is InChI=1S/C13H15F3N2O3S/c1-21-11(19)5-6-22-10-4-2-3-9(7-10)18-12(20)17-8-13(14,15)16/h2-4,7H,5-6,8H2,1H3,(H2,17,18,20). The number of esters is 1. The van der Waals surface area contributed by atoms with Gasteiger partial charge in [0, 0.05) is 16.3 Å². The van der Waals surface area contributed by atoms with Crippen molar-refractivity contribution in [3.05, 3.63) is 24.3 Å². The minimum absolute atomic E-state index is 0.241. The third-order valence-corrected chi connectivity index (χ3v) is 3.34. The van der Waals surface area contributed by atoms with Gasteiger partial charge in [-0.05, 0) is 18.2 Å². The average molecular weight is 336 g/mol. The highest BCUT2D eigenvalue weighted by molar-refractivity contribution is 7.99. The number of anilines is 1. The smallest absolute Gasteiger partial charge is 0.405 e. The van der Waals surface area contributed by atoms with Crippen LogP contribution >= 0.6 is 11.8 Å². The lowest BCUT2D eigenvalue weighted by molar-refractivity contribution is -0.140. The number of amides is 2. The molecule has 2 amide bonds. The van der Waals surface area contributed by atoms with Crippen LogP contribution in [-0.2, 0) is 9.53 Å². The Bertz CT molecular complexity index is 523. The summed E-state index contributed by atoms with van der Waals surface area (Å²) in [5.41, 5.74) is 0.364. The molecule has 0 atom stereocenters. The molecule has 2 N–H and O–H groups in total. The van der Waals surface area contributed by atoms with Crippen molar-refractivity contribution < 1.29 is 27.5 Å². The molecule has 0 unspecified atom stereocenters. The number of carbonyl (C=O) groups excluding carboxylic acids is 2. The van der Waals surface area contributed by atoms with Crippen LogP contribution in [0.25, 0.3) is 0 Å². The minimum Gasteiger partial charge on any atom is -0.469 e. The van der Waals surface area contributed by atoms with Crippen molar-refractivity contribution in [2.75, 3.05) is 24.7 Å². The molecule has 9 heteroatoms. The molecule has 0 aliphatic carbocycles. The zero-order valence-electron chi connectivity index (χ0n) is 11.7. The van der Waals surface area contributed by atoms with Crippen molar-refractivity contribution in [1.82, 2.24) is 5.32 Å². The number of carbonyl (C=O) groups is 2. The number of nitrogens with one attached hydrogen (secondary N) is 2. The first-order valence-corrected chi connectivity index (χ1v) is 7.20. The molecule has 0 aromatic heterocycles. The molecule has 22 heavy (non-hydrogen) atoms. The lowest BCUT2D eigenvalue weighted by atomic mass is 10.3. The number of halogens is 3. The van der Waals surface area contributed by atoms with Crippen LogP contribution in [-0.4, -0.2) is 37.6 Å². The summed E-state index contributed by atoms with van der Waals surface area (Å²) >= 11 is 1.37. The lowest BCUT2D eigenvalue weighted by Crippen LogP contribution is -2.36. The number of hydrogen-bond donors (Lipinski definition) is 2. The highest BCUT2D eigenvalue weighted by Gasteiger charge is 2.27. The van der Waals surface area contributed by atoms with E-state index in [1.165, 1.54) is 18.9 Å². The monoisotopic (exact) mass is 336 g/mol. The SMILES string of the molecule is COC(=O)CCSc1cccc(NC(=O)NCC(F)(F)F)c1. The van der Waals surface area contributed by atoms with Crippen LogP contribution in [0, 0.1) is 0 Å². The van der Waals surface area contributed by atoms with E-state index in [0.29, 0.717) is 11.4 Å². The topological polar surface area (TPSA) is 67.4 Å². The van der Waals surface area contributed by atoms with Crippen molar-refractivity contribution in [2.24, 2.45) is 0 Å². The van der Waals surface area contributed by atoms with Crippen molar-refractivity contribution in [2.45, 2.75) is 17.5 Å². The predicted octanol–water partition coefficient (Wildman–Crippen LogP) is 3.03. The molecular weight excluding hydrogens is 321 g/mol. The van der Waals surface area contributed by atoms with Crippen LogP contribution in [0.3, 0.4) is 0 Å². The summed E-state index contributed by atoms with van der Waals surface area (Å²) in [6, 6.07) is 5.64. The Labute approximate surface area is 129 Å². The van der Waals surface area contributed by atoms with Gasteiger partial charge < -0.3 is 15.4 Å². The second kappa shape index (κ2) is 8.52. The maximum atomic E-state index is 12.0. The Morgan fingerprint density at radius 2 is 2.05 bits per heavy atom. The second-order valence-corrected chi connectivity index (χ2v) is 5.29. The molecule has 0 aliphatic rings. The summed E-state index contributed by atoms with van der Waals surface area (Å²) < 4.78 is 40.4. The van der Waals surface area contributed by atoms with Gasteiger partial charge in [0.2, 0.25) is 0 Å². The van der Waals surface area contributed by atoms with Crippen molar-refractivity contribution >= 4 is 29.4 Å². The van der Waals surface area contributed by atoms with Gasteiger partial charge in [0.05, 0.1) is 13.5 Å². The quantitative estimate of drug-likeness (QED) is 0.619. The van der Waals surface area contributed by atoms with Crippen LogP contribution in [0.2, 0.25) is 0 Å². The Kier molecular flexibility index (Phi) is 7.03. The fraction of sp³-hybridized carbons (Fsp3) is 0.385. The summed E-state index contributed by atoms with van der Waals surface area (Å²) in [5, 5.41) is 4.02. The first-order valence-electron chi connectivity index (χ1n) is 6.21. The molecule has 0 saturated carbocycles. The van der Waals surface area contributed by atoms with E-state index >= 15 is 0 Å². The fourth-order valence-corrected chi connectivity index (χ4v) is 2.26. The maximum Gasteiger partial charge on any atom is 0.405 e. The van der Waals surface area contributed by atoms with E-state index in [1.807, 2.05) is 0 Å². The van der Waals surface area contributed by atoms with Crippen LogP contribution in [0.5, 0.6) is 0 Å². The lowest BCUT2D eigenvalue weighted by Gasteiger charge is -2.10. The highest BCUT2D eigenvalue weighted by atomic mass is 32.2. The average Bonchev–Trinajstić information content (AvgIpc) is 2.44. The molecule has 0 fully saturated rings. The molecule has 5 nitrogen and oxygen atoms in total. The minimum atomic E-state index is -4.46. The number of methoxy groups -OCH3 is 1. The van der Waals surface area contributed by atoms with Crippen molar-refractivity contribution in [3.8, 4) is 0 Å². The van der Waals surface area contributed by atoms with Gasteiger partial charge in [-0.25, -0.2) is 4.79 Å². The van der Waals surface area contributed by atoms with Crippen LogP contribution < -0.4 is 10.6 Å². The van der Waals surface area contributed by atoms with Crippen molar-refractivity contribution in [3.63, 3.8) is 0 Å². The normalized spacial score (nSPS) is 10.9. The van der Waals surface area contributed by atoms with Crippen LogP contribution in [0.15, 0.2) is 29.2 Å². The second-order valence-electron chi connectivity index (χ2n) is 4.13. The summed E-state index contributed by atoms with van der Waals surface area (Å²) in [5.74, 6) is 0.171. The molecule has 0 aliphatic heterocycles. The first-order chi connectivity index (χ1) is 10.3. The summed E-state index contributed by atoms with van der Waals surface area (Å²) in [6.07, 6.45) is -4.21. The molecule has 0 heterocycles. The van der Waals surface area contributed by atoms with Gasteiger partial charge in [0.1, 0.15) is 6.54 Å². The Hall–Kier alpha value is -1.90. The molecule has 0 spiro atoms. The molecule has 1 aromatic carbocycles. The number of rotatable bonds is 6. The van der Waals surface area contributed by atoms with Gasteiger partial charge in [-0.1, -0.05) is 6.07 Å². The van der Waals surface area contributed by atoms with Gasteiger partial charge in [-0.15, -0.1) is 11.8 Å². The zero-order valence-corrected chi connectivity index (χ0v) is 12.5. The van der Waals surface area contributed by atoms with Crippen molar-refractivity contribution in [1.29, 1.82) is 0 Å². The molecule has 1 rings (SSSR count). The number of benzene rings is 1. The molecule has 122 valence electrons. The molecule has 1 aromatic rings. The molecule has 0 radical (unpaired) electrons. The van der Waals surface area contributed by atoms with Gasteiger partial charge in [0.25, 0.3) is 0 Å². The zero-order chi connectivity index (χ0) is 16.6. The fourth-order valence-electron chi connectivity index (χ4n) is 1.37. The summed E-state index contributed by atoms with van der Waals surface area (Å²) in [6.45, 7) is -1.40. The number of hydrogen-bond acceptors (Lipinski definition) is 4. The maximum absolute atomic E-state index is 12.0. The van der Waals surface area contributed by atoms with Gasteiger partial charge in [-0.3, -0.25) is 4.79 Å². The number of urea groups is 1. The Morgan fingerprint density at radius 3 is 2.68 bits per heavy atom. The van der Waals surface area contributed by atoms with E-state index in [2.05, 4.69) is 10.1 Å². The molecule has 0 bridgehead atoms. The van der Waals surface area contributed by atoms with E-state index in [1.54, 1.807) is 29.6 Å². The van der Waals surface area contributed by atoms with Gasteiger partial charge in [-0.2, -0.15) is 13.2 Å². The van der Waals surface area contributed by atoms with E-state index in [4.69, 9.17) is 0 Å². The number of alkyl halides is 3. The largest absolute Gasteiger partial charge is 0.469 e. The van der Waals surface area contributed by atoms with E-state index in [0.717, 1.165) is 4.90 Å². The third-order valence-electron chi connectivity index (χ3n) is 2.34. The van der Waals surface area contributed by atoms with Crippen LogP contribution in [0.4, 0.5) is 23.7 Å². The van der Waals surface area contributed by atoms with Gasteiger partial charge in [0.15, 0.2) is 0 Å². The van der Waals surface area contributed by atoms with E-state index in [9.17, 15) is 22.8 Å². The summed E-state index contributed by atoms with van der Waals surface area (Å²) in [7, 11) is 1.30. The Balaban J connectivity index is 2.46.